The molecule has 9 nitrogen and oxygen atoms in total. The number of carbonyl (C=O) groups is 1. The fourth-order valence-corrected chi connectivity index (χ4v) is 5.18. The van der Waals surface area contributed by atoms with Crippen molar-refractivity contribution in [2.75, 3.05) is 18.4 Å². The number of ether oxygens (including phenoxy) is 1. The number of carbonyl (C=O) groups excluding carboxylic acids is 1. The van der Waals surface area contributed by atoms with Crippen molar-refractivity contribution in [1.29, 1.82) is 0 Å². The minimum atomic E-state index is -3.68. The summed E-state index contributed by atoms with van der Waals surface area (Å²) in [6, 6.07) is 13.3. The molecule has 0 aliphatic carbocycles. The smallest absolute Gasteiger partial charge is 0.322 e. The molecule has 4 rings (SSSR count). The van der Waals surface area contributed by atoms with Crippen LogP contribution < -0.4 is 5.32 Å². The van der Waals surface area contributed by atoms with Crippen LogP contribution in [0.1, 0.15) is 29.8 Å². The van der Waals surface area contributed by atoms with Crippen molar-refractivity contribution in [3.8, 4) is 11.5 Å². The topological polar surface area (TPSA) is 115 Å². The highest BCUT2D eigenvalue weighted by Gasteiger charge is 2.32. The summed E-state index contributed by atoms with van der Waals surface area (Å²) < 4.78 is 38.4. The number of nitrogens with zero attached hydrogens (tertiary/aromatic N) is 3. The third kappa shape index (κ3) is 4.72. The van der Waals surface area contributed by atoms with Gasteiger partial charge in [0.05, 0.1) is 17.1 Å². The Morgan fingerprint density at radius 1 is 1.06 bits per heavy atom. The highest BCUT2D eigenvalue weighted by atomic mass is 32.2. The molecule has 2 atom stereocenters. The molecule has 32 heavy (non-hydrogen) atoms. The van der Waals surface area contributed by atoms with Crippen molar-refractivity contribution in [2.45, 2.75) is 37.9 Å². The quantitative estimate of drug-likeness (QED) is 0.627. The van der Waals surface area contributed by atoms with E-state index < -0.39 is 15.9 Å². The Bertz CT molecular complexity index is 1210. The van der Waals surface area contributed by atoms with Crippen molar-refractivity contribution in [3.63, 3.8) is 0 Å². The summed E-state index contributed by atoms with van der Waals surface area (Å²) in [4.78, 5) is 12.7. The van der Waals surface area contributed by atoms with Gasteiger partial charge in [0.2, 0.25) is 15.9 Å². The molecule has 2 heterocycles. The van der Waals surface area contributed by atoms with Crippen LogP contribution in [0, 0.1) is 6.92 Å². The van der Waals surface area contributed by atoms with Gasteiger partial charge in [-0.25, -0.2) is 8.42 Å². The van der Waals surface area contributed by atoms with Gasteiger partial charge in [0, 0.05) is 24.2 Å². The van der Waals surface area contributed by atoms with Crippen molar-refractivity contribution in [3.05, 3.63) is 59.7 Å². The number of aromatic nitrogens is 2. The molecule has 168 valence electrons. The first-order valence-corrected chi connectivity index (χ1v) is 11.6. The summed E-state index contributed by atoms with van der Waals surface area (Å²) in [7, 11) is -3.68. The van der Waals surface area contributed by atoms with E-state index in [1.807, 2.05) is 45.0 Å². The second kappa shape index (κ2) is 8.81. The Kier molecular flexibility index (Phi) is 6.09. The van der Waals surface area contributed by atoms with Crippen LogP contribution in [-0.4, -0.2) is 54.1 Å². The number of rotatable bonds is 5. The molecule has 0 radical (unpaired) electrons. The molecule has 2 aromatic carbocycles. The minimum absolute atomic E-state index is 0.0421. The van der Waals surface area contributed by atoms with Crippen LogP contribution in [0.3, 0.4) is 0 Å². The number of nitrogens with one attached hydrogen (secondary N) is 1. The lowest BCUT2D eigenvalue weighted by molar-refractivity contribution is -0.0440. The van der Waals surface area contributed by atoms with Crippen molar-refractivity contribution >= 4 is 21.9 Å². The summed E-state index contributed by atoms with van der Waals surface area (Å²) in [5.41, 5.74) is 2.06. The second-order valence-electron chi connectivity index (χ2n) is 7.84. The first-order valence-electron chi connectivity index (χ1n) is 10.2. The van der Waals surface area contributed by atoms with Gasteiger partial charge in [-0.1, -0.05) is 22.8 Å². The van der Waals surface area contributed by atoms with E-state index in [4.69, 9.17) is 9.15 Å². The summed E-state index contributed by atoms with van der Waals surface area (Å²) >= 11 is 0. The Morgan fingerprint density at radius 3 is 2.41 bits per heavy atom. The molecule has 1 saturated heterocycles. The number of aryl methyl sites for hydroxylation is 1. The molecule has 1 aromatic heterocycles. The van der Waals surface area contributed by atoms with Gasteiger partial charge in [0.25, 0.3) is 5.91 Å². The molecule has 1 amide bonds. The highest BCUT2D eigenvalue weighted by molar-refractivity contribution is 7.89. The minimum Gasteiger partial charge on any atom is -0.403 e. The van der Waals surface area contributed by atoms with Crippen LogP contribution in [0.2, 0.25) is 0 Å². The molecule has 3 aromatic rings. The molecule has 0 spiro atoms. The number of benzene rings is 2. The van der Waals surface area contributed by atoms with Gasteiger partial charge in [-0.05, 0) is 57.2 Å². The van der Waals surface area contributed by atoms with Crippen LogP contribution >= 0.6 is 0 Å². The third-order valence-electron chi connectivity index (χ3n) is 5.05. The predicted octanol–water partition coefficient (Wildman–Crippen LogP) is 3.10. The van der Waals surface area contributed by atoms with Gasteiger partial charge < -0.3 is 9.15 Å². The summed E-state index contributed by atoms with van der Waals surface area (Å²) in [6.07, 6.45) is -0.365. The molecule has 1 fully saturated rings. The van der Waals surface area contributed by atoms with E-state index in [1.165, 1.54) is 28.6 Å². The predicted molar refractivity (Wildman–Crippen MR) is 118 cm³/mol. The van der Waals surface area contributed by atoms with Gasteiger partial charge >= 0.3 is 6.01 Å². The number of hydrogen-bond acceptors (Lipinski definition) is 7. The van der Waals surface area contributed by atoms with E-state index in [2.05, 4.69) is 15.5 Å². The van der Waals surface area contributed by atoms with Crippen LogP contribution in [0.4, 0.5) is 6.01 Å². The molecule has 10 heteroatoms. The van der Waals surface area contributed by atoms with Gasteiger partial charge in [0.1, 0.15) is 0 Å². The fourth-order valence-electron chi connectivity index (χ4n) is 3.59. The summed E-state index contributed by atoms with van der Waals surface area (Å²) in [5, 5.41) is 10.4. The maximum absolute atomic E-state index is 12.9. The maximum Gasteiger partial charge on any atom is 0.322 e. The molecule has 0 bridgehead atoms. The Labute approximate surface area is 186 Å². The lowest BCUT2D eigenvalue weighted by Crippen LogP contribution is -2.48. The summed E-state index contributed by atoms with van der Waals surface area (Å²) in [5.74, 6) is -0.193. The highest BCUT2D eigenvalue weighted by Crippen LogP contribution is 2.23. The SMILES string of the molecule is Cc1cccc(-c2nnc(NC(=O)c3ccc(S(=O)(=O)N4CC(C)OC(C)C4)cc3)o2)c1. The van der Waals surface area contributed by atoms with Gasteiger partial charge in [-0.15, -0.1) is 5.10 Å². The molecule has 1 aliphatic rings. The molecule has 1 aliphatic heterocycles. The van der Waals surface area contributed by atoms with E-state index in [-0.39, 0.29) is 41.8 Å². The number of amides is 1. The van der Waals surface area contributed by atoms with E-state index in [9.17, 15) is 13.2 Å². The van der Waals surface area contributed by atoms with Crippen molar-refractivity contribution in [2.24, 2.45) is 0 Å². The Hall–Kier alpha value is -3.08. The number of morpholine rings is 1. The Morgan fingerprint density at radius 2 is 1.75 bits per heavy atom. The largest absolute Gasteiger partial charge is 0.403 e. The molecule has 1 N–H and O–H groups in total. The van der Waals surface area contributed by atoms with Gasteiger partial charge in [0.15, 0.2) is 0 Å². The van der Waals surface area contributed by atoms with Crippen LogP contribution in [0.5, 0.6) is 0 Å². The Balaban J connectivity index is 1.46. The lowest BCUT2D eigenvalue weighted by Gasteiger charge is -2.34. The maximum atomic E-state index is 12.9. The standard InChI is InChI=1S/C22H24N4O5S/c1-14-5-4-6-18(11-14)21-24-25-22(31-21)23-20(27)17-7-9-19(10-8-17)32(28,29)26-12-15(2)30-16(3)13-26/h4-11,15-16H,12-13H2,1-3H3,(H,23,25,27). The number of anilines is 1. The monoisotopic (exact) mass is 456 g/mol. The van der Waals surface area contributed by atoms with E-state index in [1.54, 1.807) is 0 Å². The van der Waals surface area contributed by atoms with Gasteiger partial charge in [-0.2, -0.15) is 4.31 Å². The average Bonchev–Trinajstić information content (AvgIpc) is 3.21. The molecular weight excluding hydrogens is 432 g/mol. The third-order valence-corrected chi connectivity index (χ3v) is 6.90. The summed E-state index contributed by atoms with van der Waals surface area (Å²) in [6.45, 7) is 6.21. The van der Waals surface area contributed by atoms with Crippen LogP contribution in [0.15, 0.2) is 57.8 Å². The van der Waals surface area contributed by atoms with Crippen LogP contribution in [-0.2, 0) is 14.8 Å². The zero-order valence-corrected chi connectivity index (χ0v) is 18.8. The normalized spacial score (nSPS) is 19.6. The van der Waals surface area contributed by atoms with Crippen molar-refractivity contribution < 1.29 is 22.4 Å². The first kappa shape index (κ1) is 22.1. The van der Waals surface area contributed by atoms with Gasteiger partial charge in [-0.3, -0.25) is 10.1 Å². The van der Waals surface area contributed by atoms with E-state index in [0.29, 0.717) is 5.89 Å². The van der Waals surface area contributed by atoms with Crippen LogP contribution in [0.25, 0.3) is 11.5 Å². The second-order valence-corrected chi connectivity index (χ2v) is 9.78. The zero-order valence-electron chi connectivity index (χ0n) is 18.0. The van der Waals surface area contributed by atoms with Crippen molar-refractivity contribution in [1.82, 2.24) is 14.5 Å². The lowest BCUT2D eigenvalue weighted by atomic mass is 10.1. The molecule has 2 unspecified atom stereocenters. The zero-order chi connectivity index (χ0) is 22.9. The first-order chi connectivity index (χ1) is 15.2. The van der Waals surface area contributed by atoms with E-state index in [0.717, 1.165) is 11.1 Å². The number of sulfonamides is 1. The fraction of sp³-hybridized carbons (Fsp3) is 0.318. The van der Waals surface area contributed by atoms with E-state index >= 15 is 0 Å². The number of hydrogen-bond donors (Lipinski definition) is 1. The molecule has 0 saturated carbocycles. The average molecular weight is 457 g/mol. The molecular formula is C22H24N4O5S.